The van der Waals surface area contributed by atoms with E-state index in [1.807, 2.05) is 30.3 Å². The number of hydrogen-bond acceptors (Lipinski definition) is 5. The van der Waals surface area contributed by atoms with E-state index in [0.717, 1.165) is 25.8 Å². The van der Waals surface area contributed by atoms with Crippen molar-refractivity contribution >= 4 is 28.4 Å². The molecule has 3 heterocycles. The van der Waals surface area contributed by atoms with Gasteiger partial charge in [0.15, 0.2) is 0 Å². The van der Waals surface area contributed by atoms with E-state index in [1.54, 1.807) is 28.8 Å². The van der Waals surface area contributed by atoms with Crippen molar-refractivity contribution in [2.24, 2.45) is 17.8 Å². The highest BCUT2D eigenvalue weighted by Gasteiger charge is 2.46. The van der Waals surface area contributed by atoms with Gasteiger partial charge in [-0.05, 0) is 86.7 Å². The fourth-order valence-corrected chi connectivity index (χ4v) is 8.42. The molecule has 6 rings (SSSR count). The average molecular weight is 669 g/mol. The summed E-state index contributed by atoms with van der Waals surface area (Å²) in [5, 5.41) is 7.13. The Morgan fingerprint density at radius 3 is 2.53 bits per heavy atom. The normalized spacial score (nSPS) is 21.2. The summed E-state index contributed by atoms with van der Waals surface area (Å²) in [6, 6.07) is 16.2. The minimum absolute atomic E-state index is 0.0759. The number of benzene rings is 2. The van der Waals surface area contributed by atoms with E-state index in [-0.39, 0.29) is 23.5 Å². The van der Waals surface area contributed by atoms with Crippen LogP contribution in [0.2, 0.25) is 0 Å². The maximum absolute atomic E-state index is 15.3. The number of fused-ring (bicyclic) bond motifs is 2. The van der Waals surface area contributed by atoms with E-state index >= 15 is 8.78 Å². The summed E-state index contributed by atoms with van der Waals surface area (Å²) in [7, 11) is 0. The lowest BCUT2D eigenvalue weighted by atomic mass is 9.85. The highest BCUT2D eigenvalue weighted by Crippen LogP contribution is 2.50. The first-order valence-corrected chi connectivity index (χ1v) is 18.1. The molecule has 0 spiro atoms. The summed E-state index contributed by atoms with van der Waals surface area (Å²) < 4.78 is 32.4. The maximum atomic E-state index is 15.3. The van der Waals surface area contributed by atoms with Crippen molar-refractivity contribution in [2.45, 2.75) is 96.6 Å². The van der Waals surface area contributed by atoms with E-state index in [4.69, 9.17) is 5.73 Å². The van der Waals surface area contributed by atoms with E-state index in [2.05, 4.69) is 46.6 Å². The second kappa shape index (κ2) is 16.1. The van der Waals surface area contributed by atoms with E-state index in [1.165, 1.54) is 51.3 Å². The highest BCUT2D eigenvalue weighted by molar-refractivity contribution is 6.06. The third-order valence-electron chi connectivity index (χ3n) is 10.7. The summed E-state index contributed by atoms with van der Waals surface area (Å²) in [5.74, 6) is 1.25. The van der Waals surface area contributed by atoms with Gasteiger partial charge in [0.25, 0.3) is 12.3 Å². The van der Waals surface area contributed by atoms with Crippen LogP contribution in [-0.2, 0) is 0 Å². The molecule has 5 unspecified atom stereocenters. The minimum atomic E-state index is -2.75. The van der Waals surface area contributed by atoms with Crippen molar-refractivity contribution in [1.29, 1.82) is 0 Å². The number of nitrogen functional groups attached to an aromatic ring is 1. The van der Waals surface area contributed by atoms with Crippen LogP contribution in [0.1, 0.15) is 107 Å². The third kappa shape index (κ3) is 7.72. The molecule has 7 nitrogen and oxygen atoms in total. The number of amides is 1. The summed E-state index contributed by atoms with van der Waals surface area (Å²) in [6.45, 7) is 5.26. The minimum Gasteiger partial charge on any atom is -0.383 e. The monoisotopic (exact) mass is 668 g/mol. The number of carbonyl (C=O) groups is 1. The molecule has 1 saturated carbocycles. The molecule has 4 N–H and O–H groups in total. The second-order valence-electron chi connectivity index (χ2n) is 13.9. The fourth-order valence-electron chi connectivity index (χ4n) is 8.42. The molecule has 0 bridgehead atoms. The molecule has 0 radical (unpaired) electrons. The Hall–Kier alpha value is -4.11. The lowest BCUT2D eigenvalue weighted by Crippen LogP contribution is -2.30. The van der Waals surface area contributed by atoms with Crippen molar-refractivity contribution in [1.82, 2.24) is 19.9 Å². The number of anilines is 2. The Morgan fingerprint density at radius 1 is 1.04 bits per heavy atom. The molecular formula is C40H50F2N6O. The lowest BCUT2D eigenvalue weighted by Gasteiger charge is -2.24. The predicted molar refractivity (Wildman–Crippen MR) is 195 cm³/mol. The van der Waals surface area contributed by atoms with Crippen LogP contribution in [0.4, 0.5) is 20.3 Å². The molecule has 2 aliphatic rings. The van der Waals surface area contributed by atoms with Gasteiger partial charge in [0.1, 0.15) is 17.8 Å². The lowest BCUT2D eigenvalue weighted by molar-refractivity contribution is 0.102. The standard InChI is InChI=1S/C40H50F2N6O/c1-3-5-6-7-8-10-14-26(13-4-2)21-33-32-23-31(22-29(32)24-44-33)48-36(37(41)42)34(35-38(43)45-25-46-39(35)48)27-17-19-28(20-18-27)40(49)47-30-15-11-9-12-16-30/h4,9,11-13,15-20,25-26,29,31-33,37,44H,3,5-8,10,14,21-24H2,1-2H3,(H,47,49)(H2,43,45,46). The summed E-state index contributed by atoms with van der Waals surface area (Å²) >= 11 is 0. The number of nitrogens with zero attached hydrogens (tertiary/aromatic N) is 3. The van der Waals surface area contributed by atoms with Gasteiger partial charge in [0.05, 0.1) is 11.1 Å². The Balaban J connectivity index is 1.24. The van der Waals surface area contributed by atoms with Crippen LogP contribution in [0.15, 0.2) is 73.1 Å². The Labute approximate surface area is 288 Å². The smallest absolute Gasteiger partial charge is 0.279 e. The Bertz CT molecular complexity index is 1720. The van der Waals surface area contributed by atoms with Crippen LogP contribution >= 0.6 is 0 Å². The number of nitrogens with two attached hydrogens (primary N) is 1. The van der Waals surface area contributed by atoms with Gasteiger partial charge < -0.3 is 20.9 Å². The topological polar surface area (TPSA) is 97.9 Å². The molecule has 5 atom stereocenters. The van der Waals surface area contributed by atoms with Crippen LogP contribution in [0.25, 0.3) is 22.2 Å². The van der Waals surface area contributed by atoms with Crippen molar-refractivity contribution in [3.63, 3.8) is 0 Å². The number of alkyl halides is 2. The number of unbranched alkanes of at least 4 members (excludes halogenated alkanes) is 5. The molecule has 1 aliphatic heterocycles. The fraction of sp³-hybridized carbons (Fsp3) is 0.475. The van der Waals surface area contributed by atoms with Gasteiger partial charge in [-0.3, -0.25) is 4.79 Å². The zero-order valence-corrected chi connectivity index (χ0v) is 28.8. The van der Waals surface area contributed by atoms with Crippen LogP contribution in [0.5, 0.6) is 0 Å². The third-order valence-corrected chi connectivity index (χ3v) is 10.7. The van der Waals surface area contributed by atoms with Crippen molar-refractivity contribution in [2.75, 3.05) is 17.6 Å². The van der Waals surface area contributed by atoms with E-state index in [9.17, 15) is 4.79 Å². The second-order valence-corrected chi connectivity index (χ2v) is 13.9. The Morgan fingerprint density at radius 2 is 1.80 bits per heavy atom. The molecular weight excluding hydrogens is 618 g/mol. The zero-order valence-electron chi connectivity index (χ0n) is 28.8. The van der Waals surface area contributed by atoms with Gasteiger partial charge in [0.2, 0.25) is 0 Å². The molecule has 1 amide bonds. The van der Waals surface area contributed by atoms with Crippen LogP contribution in [-0.4, -0.2) is 33.0 Å². The predicted octanol–water partition coefficient (Wildman–Crippen LogP) is 9.74. The molecule has 49 heavy (non-hydrogen) atoms. The van der Waals surface area contributed by atoms with Crippen LogP contribution in [0, 0.1) is 17.8 Å². The van der Waals surface area contributed by atoms with Gasteiger partial charge >= 0.3 is 0 Å². The molecule has 260 valence electrons. The molecule has 2 fully saturated rings. The zero-order chi connectivity index (χ0) is 34.3. The number of aromatic nitrogens is 3. The van der Waals surface area contributed by atoms with Crippen LogP contribution in [0.3, 0.4) is 0 Å². The number of halogens is 2. The van der Waals surface area contributed by atoms with Crippen molar-refractivity contribution < 1.29 is 13.6 Å². The van der Waals surface area contributed by atoms with Gasteiger partial charge in [-0.1, -0.05) is 87.9 Å². The number of hydrogen-bond donors (Lipinski definition) is 3. The first-order valence-electron chi connectivity index (χ1n) is 18.1. The Kier molecular flexibility index (Phi) is 11.4. The summed E-state index contributed by atoms with van der Waals surface area (Å²) in [6.07, 6.45) is 14.8. The largest absolute Gasteiger partial charge is 0.383 e. The molecule has 4 aromatic rings. The first kappa shape index (κ1) is 34.7. The maximum Gasteiger partial charge on any atom is 0.279 e. The summed E-state index contributed by atoms with van der Waals surface area (Å²) in [4.78, 5) is 21.7. The molecule has 2 aromatic carbocycles. The van der Waals surface area contributed by atoms with Gasteiger partial charge in [-0.2, -0.15) is 0 Å². The SMILES string of the molecule is CC=CC(CCCCCCCC)CC1NCC2CC(n3c(C(F)F)c(-c4ccc(C(=O)Nc5ccccc5)cc4)c4c(N)ncnc43)CC21. The van der Waals surface area contributed by atoms with E-state index < -0.39 is 6.43 Å². The van der Waals surface area contributed by atoms with E-state index in [0.29, 0.717) is 57.2 Å². The van der Waals surface area contributed by atoms with Crippen LogP contribution < -0.4 is 16.4 Å². The number of carbonyl (C=O) groups excluding carboxylic acids is 1. The molecule has 9 heteroatoms. The summed E-state index contributed by atoms with van der Waals surface area (Å²) in [5.41, 5.74) is 8.80. The van der Waals surface area contributed by atoms with Gasteiger partial charge in [-0.25, -0.2) is 18.7 Å². The van der Waals surface area contributed by atoms with Gasteiger partial charge in [0, 0.05) is 28.9 Å². The molecule has 1 aliphatic carbocycles. The van der Waals surface area contributed by atoms with Gasteiger partial charge in [-0.15, -0.1) is 0 Å². The highest BCUT2D eigenvalue weighted by atomic mass is 19.3. The number of rotatable bonds is 15. The quantitative estimate of drug-likeness (QED) is 0.0866. The number of para-hydroxylation sites is 1. The van der Waals surface area contributed by atoms with Crippen molar-refractivity contribution in [3.8, 4) is 11.1 Å². The molecule has 2 aromatic heterocycles. The number of allylic oxidation sites excluding steroid dienone is 2. The number of nitrogens with one attached hydrogen (secondary N) is 2. The average Bonchev–Trinajstić information content (AvgIpc) is 3.79. The van der Waals surface area contributed by atoms with Crippen molar-refractivity contribution in [3.05, 3.63) is 84.3 Å². The first-order chi connectivity index (χ1) is 23.9. The molecule has 1 saturated heterocycles.